The predicted octanol–water partition coefficient (Wildman–Crippen LogP) is 1.68. The Balaban J connectivity index is 0.000000890. The summed E-state index contributed by atoms with van der Waals surface area (Å²) in [5.41, 5.74) is 29.7. The number of nitrogens with zero attached hydrogens (tertiary/aromatic N) is 1. The van der Waals surface area contributed by atoms with Gasteiger partial charge in [-0.2, -0.15) is 0 Å². The van der Waals surface area contributed by atoms with Crippen LogP contribution in [0.15, 0.2) is 53.5 Å². The summed E-state index contributed by atoms with van der Waals surface area (Å²) in [5.74, 6) is -2.67. The van der Waals surface area contributed by atoms with E-state index in [1.165, 1.54) is 36.0 Å². The van der Waals surface area contributed by atoms with Crippen LogP contribution in [0.3, 0.4) is 0 Å². The first-order valence-corrected chi connectivity index (χ1v) is 31.0. The van der Waals surface area contributed by atoms with Crippen LogP contribution in [-0.4, -0.2) is 155 Å². The lowest BCUT2D eigenvalue weighted by atomic mass is 9.87. The number of carbonyl (C=O) groups is 9. The number of aromatic hydroxyl groups is 2. The third kappa shape index (κ3) is 30.9. The number of alkyl halides is 1. The molecule has 5 amide bonds. The predicted molar refractivity (Wildman–Crippen MR) is 327 cm³/mol. The Morgan fingerprint density at radius 2 is 1.41 bits per heavy atom. The Labute approximate surface area is 501 Å². The zero-order valence-electron chi connectivity index (χ0n) is 48.8. The molecule has 25 heteroatoms. The molecule has 23 nitrogen and oxygen atoms in total. The molecule has 1 saturated heterocycles. The minimum absolute atomic E-state index is 0.00894. The van der Waals surface area contributed by atoms with Crippen LogP contribution in [0.2, 0.25) is 0 Å². The number of aliphatic imine (C=N–C) groups is 1. The Hall–Kier alpha value is -5.99. The molecule has 2 aromatic rings. The number of nitrogens with two attached hydrogens (primary N) is 5. The van der Waals surface area contributed by atoms with Crippen LogP contribution in [0.1, 0.15) is 116 Å². The van der Waals surface area contributed by atoms with Crippen LogP contribution in [0.25, 0.3) is 0 Å². The molecule has 1 aliphatic heterocycles. The van der Waals surface area contributed by atoms with Gasteiger partial charge in [0.2, 0.25) is 29.5 Å². The maximum absolute atomic E-state index is 14.0. The molecule has 1 fully saturated rings. The lowest BCUT2D eigenvalue weighted by molar-refractivity contribution is -0.130. The van der Waals surface area contributed by atoms with E-state index in [0.717, 1.165) is 17.5 Å². The highest BCUT2D eigenvalue weighted by atomic mass is 79.9. The second kappa shape index (κ2) is 41.1. The van der Waals surface area contributed by atoms with E-state index in [4.69, 9.17) is 28.7 Å². The van der Waals surface area contributed by atoms with Crippen molar-refractivity contribution in [1.82, 2.24) is 31.9 Å². The molecule has 0 bridgehead atoms. The van der Waals surface area contributed by atoms with Gasteiger partial charge in [-0.25, -0.2) is 0 Å². The third-order valence-corrected chi connectivity index (χ3v) is 16.2. The van der Waals surface area contributed by atoms with Gasteiger partial charge in [-0.3, -0.25) is 58.8 Å². The van der Waals surface area contributed by atoms with Gasteiger partial charge in [0.05, 0.1) is 54.4 Å². The average Bonchev–Trinajstić information content (AvgIpc) is 3.48. The number of halogens is 1. The average molecular weight is 1250 g/mol. The topological polar surface area (TPSA) is 409 Å². The van der Waals surface area contributed by atoms with Gasteiger partial charge in [-0.15, -0.1) is 11.8 Å². The molecule has 0 unspecified atom stereocenters. The van der Waals surface area contributed by atoms with E-state index < -0.39 is 47.9 Å². The van der Waals surface area contributed by atoms with Gasteiger partial charge in [0.25, 0.3) is 0 Å². The fourth-order valence-electron chi connectivity index (χ4n) is 8.98. The molecule has 2 aromatic carbocycles. The largest absolute Gasteiger partial charge is 0.508 e. The first-order chi connectivity index (χ1) is 39.5. The van der Waals surface area contributed by atoms with E-state index in [9.17, 15) is 53.4 Å². The molecule has 0 radical (unpaired) electrons. The van der Waals surface area contributed by atoms with Crippen molar-refractivity contribution in [3.63, 3.8) is 0 Å². The number of thioether (sulfide) groups is 1. The van der Waals surface area contributed by atoms with Crippen molar-refractivity contribution in [3.05, 3.63) is 59.7 Å². The fraction of sp³-hybridized carbons (Fsp3) is 0.621. The number of hydrogen-bond acceptors (Lipinski definition) is 17. The van der Waals surface area contributed by atoms with Crippen molar-refractivity contribution in [3.8, 4) is 11.5 Å². The summed E-state index contributed by atoms with van der Waals surface area (Å²) in [6.07, 6.45) is 6.00. The number of phenolic OH excluding ortho intramolecular Hbond substituents is 2. The third-order valence-electron chi connectivity index (χ3n) is 14.7. The van der Waals surface area contributed by atoms with Crippen LogP contribution in [0.5, 0.6) is 11.5 Å². The summed E-state index contributed by atoms with van der Waals surface area (Å²) in [5, 5.41) is 36.8. The van der Waals surface area contributed by atoms with Gasteiger partial charge < -0.3 is 60.1 Å². The SMILES string of the molecule is CC[C@H](C)[C@@H]1NC(=O)CCNC(=O)CSC[C@@H](C(=O)CC[C@@H](CCCN=C(N)N)CN[C@@H](Cc2ccc(O)cc2)C(N)=O)NCC(=O)[C@H](CCCCNC(=O)CBr)CCC1=O.CC[C@H](C)[C@H](N)C(=O)CN[C@@H](Cc1ccc(O)cc1)C(N)=O. The maximum Gasteiger partial charge on any atom is 0.234 e. The molecular formula is C58H93BrN12O11S. The van der Waals surface area contributed by atoms with Gasteiger partial charge in [-0.1, -0.05) is 87.2 Å². The molecule has 9 atom stereocenters. The molecule has 0 aliphatic carbocycles. The molecular weight excluding hydrogens is 1150 g/mol. The van der Waals surface area contributed by atoms with Crippen LogP contribution >= 0.6 is 27.7 Å². The minimum Gasteiger partial charge on any atom is -0.508 e. The number of carbonyl (C=O) groups excluding carboxylic acids is 9. The molecule has 1 aliphatic rings. The number of nitrogens with one attached hydrogen (secondary N) is 6. The van der Waals surface area contributed by atoms with Crippen molar-refractivity contribution in [2.24, 2.45) is 57.3 Å². The second-order valence-corrected chi connectivity index (χ2v) is 22.9. The van der Waals surface area contributed by atoms with Crippen molar-refractivity contribution in [1.29, 1.82) is 0 Å². The van der Waals surface area contributed by atoms with Gasteiger partial charge in [0.15, 0.2) is 23.3 Å². The molecule has 83 heavy (non-hydrogen) atoms. The standard InChI is InChI=1S/C42H68BrN9O8S.C16H25N3O3/c1-3-27(2)40-35(55)16-12-30(8-4-5-18-47-38(58)22-43)36(56)24-51-33(25-61-26-39(59)48-20-17-37(57)52-40)34(54)15-11-29(7-6-19-49-42(45)46)23-50-32(41(44)60)21-28-9-13-31(53)14-10-28;1-3-10(2)15(17)14(21)9-19-13(16(18)22)8-11-4-6-12(20)7-5-11/h9-10,13-14,27,29-30,32-33,40,50-51,53H,3-8,11-12,15-26H2,1-2H3,(H2,44,60)(H,47,58)(H,48,59)(H,52,57)(H4,45,46,49);4-7,10,13,15,19-20H,3,8-9,17H2,1-2H3,(H2,18,22)/t27-,29+,30+,32-,33-,40-;10-,13-,15-/m00/s1. The zero-order valence-corrected chi connectivity index (χ0v) is 51.2. The normalized spacial score (nSPS) is 18.8. The van der Waals surface area contributed by atoms with Gasteiger partial charge >= 0.3 is 0 Å². The lowest BCUT2D eigenvalue weighted by Gasteiger charge is -2.25. The van der Waals surface area contributed by atoms with Crippen LogP contribution in [0, 0.1) is 23.7 Å². The van der Waals surface area contributed by atoms with Gasteiger partial charge in [0.1, 0.15) is 17.3 Å². The number of primary amides is 2. The van der Waals surface area contributed by atoms with E-state index in [-0.39, 0.29) is 138 Å². The number of rotatable bonds is 31. The molecule has 18 N–H and O–H groups in total. The Bertz CT molecular complexity index is 2380. The molecule has 0 aromatic heterocycles. The summed E-state index contributed by atoms with van der Waals surface area (Å²) >= 11 is 4.37. The first-order valence-electron chi connectivity index (χ1n) is 28.7. The Morgan fingerprint density at radius 3 is 1.98 bits per heavy atom. The number of hydrogen-bond donors (Lipinski definition) is 13. The molecule has 464 valence electrons. The summed E-state index contributed by atoms with van der Waals surface area (Å²) in [6, 6.07) is 9.59. The van der Waals surface area contributed by atoms with E-state index in [2.05, 4.69) is 52.8 Å². The molecule has 3 rings (SSSR count). The number of amides is 5. The lowest BCUT2D eigenvalue weighted by Crippen LogP contribution is -2.49. The Kier molecular flexibility index (Phi) is 36.2. The number of phenols is 2. The van der Waals surface area contributed by atoms with E-state index in [0.29, 0.717) is 77.4 Å². The van der Waals surface area contributed by atoms with Crippen molar-refractivity contribution >= 4 is 86.3 Å². The molecule has 0 spiro atoms. The highest BCUT2D eigenvalue weighted by Gasteiger charge is 2.30. The van der Waals surface area contributed by atoms with Crippen molar-refractivity contribution < 1.29 is 53.4 Å². The van der Waals surface area contributed by atoms with E-state index in [1.807, 2.05) is 27.7 Å². The number of benzene rings is 2. The number of guanidine groups is 1. The van der Waals surface area contributed by atoms with E-state index >= 15 is 0 Å². The zero-order chi connectivity index (χ0) is 61.9. The molecule has 1 heterocycles. The smallest absolute Gasteiger partial charge is 0.234 e. The van der Waals surface area contributed by atoms with E-state index in [1.54, 1.807) is 24.3 Å². The maximum atomic E-state index is 14.0. The summed E-state index contributed by atoms with van der Waals surface area (Å²) < 4.78 is 0. The summed E-state index contributed by atoms with van der Waals surface area (Å²) in [6.45, 7) is 8.88. The fourth-order valence-corrected chi connectivity index (χ4v) is 10.1. The number of Topliss-reactive ketones (excluding diaryl/α,β-unsaturated/α-hetero) is 4. The number of ketones is 4. The molecule has 0 saturated carbocycles. The minimum atomic E-state index is -0.772. The quantitative estimate of drug-likeness (QED) is 0.0221. The Morgan fingerprint density at radius 1 is 0.795 bits per heavy atom. The first kappa shape index (κ1) is 73.1. The summed E-state index contributed by atoms with van der Waals surface area (Å²) in [4.78, 5) is 119. The van der Waals surface area contributed by atoms with Crippen molar-refractivity contribution in [2.75, 3.05) is 56.1 Å². The van der Waals surface area contributed by atoms with Crippen LogP contribution in [0.4, 0.5) is 0 Å². The van der Waals surface area contributed by atoms with Crippen LogP contribution < -0.4 is 60.6 Å². The highest BCUT2D eigenvalue weighted by molar-refractivity contribution is 9.09. The van der Waals surface area contributed by atoms with Crippen LogP contribution in [-0.2, 0) is 56.0 Å². The second-order valence-electron chi connectivity index (χ2n) is 21.3. The van der Waals surface area contributed by atoms with Crippen molar-refractivity contribution in [2.45, 2.75) is 148 Å². The highest BCUT2D eigenvalue weighted by Crippen LogP contribution is 2.22. The van der Waals surface area contributed by atoms with Gasteiger partial charge in [0, 0.05) is 50.6 Å². The van der Waals surface area contributed by atoms with Gasteiger partial charge in [-0.05, 0) is 111 Å². The summed E-state index contributed by atoms with van der Waals surface area (Å²) in [7, 11) is 0. The number of unbranched alkanes of at least 4 members (excludes halogenated alkanes) is 1. The monoisotopic (exact) mass is 1240 g/mol.